The highest BCUT2D eigenvalue weighted by Crippen LogP contribution is 2.18. The fourth-order valence-corrected chi connectivity index (χ4v) is 1.47. The number of nitrogens with zero attached hydrogens (tertiary/aromatic N) is 2. The molecule has 16 heavy (non-hydrogen) atoms. The quantitative estimate of drug-likeness (QED) is 0.731. The molecule has 0 saturated carbocycles. The smallest absolute Gasteiger partial charge is 0.168 e. The van der Waals surface area contributed by atoms with Gasteiger partial charge in [-0.1, -0.05) is 24.3 Å². The van der Waals surface area contributed by atoms with Crippen LogP contribution in [0.25, 0.3) is 11.3 Å². The molecular weight excluding hydrogens is 204 g/mol. The number of rotatable bonds is 3. The van der Waals surface area contributed by atoms with Crippen LogP contribution >= 0.6 is 0 Å². The minimum atomic E-state index is 0.523. The molecular formula is C12H10N2O2. The highest BCUT2D eigenvalue weighted by Gasteiger charge is 2.05. The van der Waals surface area contributed by atoms with Gasteiger partial charge in [0.2, 0.25) is 0 Å². The van der Waals surface area contributed by atoms with E-state index in [4.69, 9.17) is 0 Å². The molecule has 1 heterocycles. The predicted octanol–water partition coefficient (Wildman–Crippen LogP) is 1.71. The van der Waals surface area contributed by atoms with Gasteiger partial charge in [0, 0.05) is 18.2 Å². The molecule has 2 aromatic rings. The van der Waals surface area contributed by atoms with E-state index in [9.17, 15) is 9.59 Å². The van der Waals surface area contributed by atoms with Gasteiger partial charge in [0.05, 0.1) is 5.69 Å². The Labute approximate surface area is 92.5 Å². The minimum Gasteiger partial charge on any atom is -0.298 e. The molecule has 0 aliphatic rings. The zero-order chi connectivity index (χ0) is 11.5. The summed E-state index contributed by atoms with van der Waals surface area (Å²) in [5.74, 6) is 0. The van der Waals surface area contributed by atoms with Crippen LogP contribution in [-0.4, -0.2) is 22.4 Å². The molecule has 0 aliphatic heterocycles. The number of aromatic nitrogens is 2. The van der Waals surface area contributed by atoms with E-state index in [0.717, 1.165) is 23.8 Å². The lowest BCUT2D eigenvalue weighted by atomic mass is 10.1. The van der Waals surface area contributed by atoms with Crippen molar-refractivity contribution in [2.45, 2.75) is 0 Å². The first-order chi connectivity index (χ1) is 7.74. The summed E-state index contributed by atoms with van der Waals surface area (Å²) in [6.45, 7) is 0. The predicted molar refractivity (Wildman–Crippen MR) is 59.4 cm³/mol. The third kappa shape index (κ3) is 1.77. The van der Waals surface area contributed by atoms with E-state index in [0.29, 0.717) is 11.3 Å². The van der Waals surface area contributed by atoms with Gasteiger partial charge in [-0.15, -0.1) is 0 Å². The van der Waals surface area contributed by atoms with Crippen LogP contribution in [0.1, 0.15) is 20.8 Å². The van der Waals surface area contributed by atoms with Gasteiger partial charge in [0.25, 0.3) is 0 Å². The Morgan fingerprint density at radius 3 is 2.31 bits per heavy atom. The van der Waals surface area contributed by atoms with Gasteiger partial charge in [-0.05, 0) is 6.07 Å². The van der Waals surface area contributed by atoms with Crippen LogP contribution in [0.3, 0.4) is 0 Å². The van der Waals surface area contributed by atoms with E-state index >= 15 is 0 Å². The van der Waals surface area contributed by atoms with E-state index in [-0.39, 0.29) is 0 Å². The van der Waals surface area contributed by atoms with Crippen LogP contribution in [-0.2, 0) is 7.05 Å². The van der Waals surface area contributed by atoms with E-state index in [1.165, 1.54) is 4.68 Å². The van der Waals surface area contributed by atoms with Gasteiger partial charge in [0.1, 0.15) is 12.0 Å². The standard InChI is InChI=1S/C12H10N2O2/c1-14-11(8-16)6-12(13-14)10-4-2-9(7-15)3-5-10/h2-8H,1H3. The van der Waals surface area contributed by atoms with Crippen LogP contribution in [0.4, 0.5) is 0 Å². The van der Waals surface area contributed by atoms with Crippen LogP contribution in [0, 0.1) is 0 Å². The summed E-state index contributed by atoms with van der Waals surface area (Å²) in [5, 5.41) is 4.20. The van der Waals surface area contributed by atoms with Crippen molar-refractivity contribution < 1.29 is 9.59 Å². The Kier molecular flexibility index (Phi) is 2.64. The molecule has 0 N–H and O–H groups in total. The molecule has 1 aromatic heterocycles. The Morgan fingerprint density at radius 1 is 1.12 bits per heavy atom. The fraction of sp³-hybridized carbons (Fsp3) is 0.0833. The number of carbonyl (C=O) groups is 2. The lowest BCUT2D eigenvalue weighted by Gasteiger charge is -1.96. The Bertz CT molecular complexity index is 526. The van der Waals surface area contributed by atoms with Gasteiger partial charge in [0.15, 0.2) is 6.29 Å². The second-order valence-corrected chi connectivity index (χ2v) is 3.44. The summed E-state index contributed by atoms with van der Waals surface area (Å²) in [4.78, 5) is 21.2. The molecule has 0 unspecified atom stereocenters. The van der Waals surface area contributed by atoms with Gasteiger partial charge in [-0.3, -0.25) is 14.3 Å². The van der Waals surface area contributed by atoms with Crippen molar-refractivity contribution in [1.82, 2.24) is 9.78 Å². The fourth-order valence-electron chi connectivity index (χ4n) is 1.47. The maximum Gasteiger partial charge on any atom is 0.168 e. The van der Waals surface area contributed by atoms with Gasteiger partial charge < -0.3 is 0 Å². The maximum atomic E-state index is 10.7. The molecule has 0 radical (unpaired) electrons. The van der Waals surface area contributed by atoms with E-state index in [1.807, 2.05) is 0 Å². The third-order valence-electron chi connectivity index (χ3n) is 2.38. The molecule has 4 heteroatoms. The molecule has 0 atom stereocenters. The van der Waals surface area contributed by atoms with E-state index in [1.54, 1.807) is 37.4 Å². The Morgan fingerprint density at radius 2 is 1.81 bits per heavy atom. The van der Waals surface area contributed by atoms with Crippen molar-refractivity contribution in [3.63, 3.8) is 0 Å². The first-order valence-corrected chi connectivity index (χ1v) is 4.79. The number of benzene rings is 1. The summed E-state index contributed by atoms with van der Waals surface area (Å²) in [6.07, 6.45) is 1.55. The van der Waals surface area contributed by atoms with Crippen LogP contribution < -0.4 is 0 Å². The summed E-state index contributed by atoms with van der Waals surface area (Å²) in [7, 11) is 1.72. The zero-order valence-corrected chi connectivity index (χ0v) is 8.75. The van der Waals surface area contributed by atoms with Crippen molar-refractivity contribution in [2.75, 3.05) is 0 Å². The topological polar surface area (TPSA) is 52.0 Å². The van der Waals surface area contributed by atoms with Crippen molar-refractivity contribution >= 4 is 12.6 Å². The SMILES string of the molecule is Cn1nc(-c2ccc(C=O)cc2)cc1C=O. The molecule has 0 bridgehead atoms. The van der Waals surface area contributed by atoms with Crippen LogP contribution in [0.5, 0.6) is 0 Å². The Balaban J connectivity index is 2.41. The van der Waals surface area contributed by atoms with Crippen molar-refractivity contribution in [3.05, 3.63) is 41.6 Å². The largest absolute Gasteiger partial charge is 0.298 e. The number of carbonyl (C=O) groups excluding carboxylic acids is 2. The minimum absolute atomic E-state index is 0.523. The highest BCUT2D eigenvalue weighted by molar-refractivity contribution is 5.78. The molecule has 0 fully saturated rings. The molecule has 1 aromatic carbocycles. The first-order valence-electron chi connectivity index (χ1n) is 4.79. The molecule has 0 spiro atoms. The molecule has 80 valence electrons. The number of hydrogen-bond donors (Lipinski definition) is 0. The zero-order valence-electron chi connectivity index (χ0n) is 8.75. The van der Waals surface area contributed by atoms with E-state index in [2.05, 4.69) is 5.10 Å². The first kappa shape index (κ1) is 10.3. The lowest BCUT2D eigenvalue weighted by Crippen LogP contribution is -1.95. The van der Waals surface area contributed by atoms with Crippen molar-refractivity contribution in [3.8, 4) is 11.3 Å². The Hall–Kier alpha value is -2.23. The van der Waals surface area contributed by atoms with Crippen molar-refractivity contribution in [1.29, 1.82) is 0 Å². The van der Waals surface area contributed by atoms with Crippen LogP contribution in [0.15, 0.2) is 30.3 Å². The molecule has 0 amide bonds. The summed E-state index contributed by atoms with van der Waals surface area (Å²) >= 11 is 0. The van der Waals surface area contributed by atoms with Crippen molar-refractivity contribution in [2.24, 2.45) is 7.05 Å². The van der Waals surface area contributed by atoms with Gasteiger partial charge in [-0.25, -0.2) is 0 Å². The highest BCUT2D eigenvalue weighted by atomic mass is 16.1. The molecule has 0 aliphatic carbocycles. The van der Waals surface area contributed by atoms with E-state index < -0.39 is 0 Å². The summed E-state index contributed by atoms with van der Waals surface area (Å²) in [5.41, 5.74) is 2.75. The number of aryl methyl sites for hydroxylation is 1. The number of aldehydes is 2. The number of hydrogen-bond acceptors (Lipinski definition) is 3. The molecule has 2 rings (SSSR count). The maximum absolute atomic E-state index is 10.7. The second kappa shape index (κ2) is 4.10. The van der Waals surface area contributed by atoms with Gasteiger partial charge in [-0.2, -0.15) is 5.10 Å². The normalized spacial score (nSPS) is 10.1. The van der Waals surface area contributed by atoms with Gasteiger partial charge >= 0.3 is 0 Å². The second-order valence-electron chi connectivity index (χ2n) is 3.44. The van der Waals surface area contributed by atoms with Crippen LogP contribution in [0.2, 0.25) is 0 Å². The summed E-state index contributed by atoms with van der Waals surface area (Å²) < 4.78 is 1.52. The average Bonchev–Trinajstić information content (AvgIpc) is 2.71. The average molecular weight is 214 g/mol. The third-order valence-corrected chi connectivity index (χ3v) is 2.38. The summed E-state index contributed by atoms with van der Waals surface area (Å²) in [6, 6.07) is 8.76. The monoisotopic (exact) mass is 214 g/mol. The molecule has 0 saturated heterocycles. The lowest BCUT2D eigenvalue weighted by molar-refractivity contribution is 0.111. The molecule has 4 nitrogen and oxygen atoms in total.